The molecule has 0 rings (SSSR count). The number of imide groups is 1. The van der Waals surface area contributed by atoms with Gasteiger partial charge in [0.1, 0.15) is 0 Å². The third-order valence-electron chi connectivity index (χ3n) is 5.24. The van der Waals surface area contributed by atoms with E-state index in [1.54, 1.807) is 0 Å². The number of amides is 7. The first-order valence-corrected chi connectivity index (χ1v) is 12.5. The number of nitrogens with one attached hydrogen (secondary N) is 5. The van der Waals surface area contributed by atoms with Crippen molar-refractivity contribution in [3.05, 3.63) is 0 Å². The SMILES string of the molecule is O=CNCCCCCCNC(=O)N(CCCCCCNC=O)C(=O)NCCCCCCNC=O. The van der Waals surface area contributed by atoms with Crippen molar-refractivity contribution < 1.29 is 24.0 Å². The third kappa shape index (κ3) is 19.8. The number of carbonyl (C=O) groups is 5. The second kappa shape index (κ2) is 24.8. The van der Waals surface area contributed by atoms with Gasteiger partial charge >= 0.3 is 12.1 Å². The lowest BCUT2D eigenvalue weighted by atomic mass is 10.2. The van der Waals surface area contributed by atoms with E-state index >= 15 is 0 Å². The average Bonchev–Trinajstić information content (AvgIpc) is 2.84. The zero-order valence-electron chi connectivity index (χ0n) is 20.4. The summed E-state index contributed by atoms with van der Waals surface area (Å²) in [7, 11) is 0. The molecule has 11 heteroatoms. The molecule has 0 heterocycles. The summed E-state index contributed by atoms with van der Waals surface area (Å²) in [5.74, 6) is 0. The molecule has 7 amide bonds. The minimum atomic E-state index is -0.386. The van der Waals surface area contributed by atoms with Crippen molar-refractivity contribution in [2.45, 2.75) is 77.0 Å². The van der Waals surface area contributed by atoms with Gasteiger partial charge in [-0.2, -0.15) is 0 Å². The van der Waals surface area contributed by atoms with E-state index in [0.717, 1.165) is 70.6 Å². The highest BCUT2D eigenvalue weighted by atomic mass is 16.2. The molecule has 196 valence electrons. The van der Waals surface area contributed by atoms with Crippen molar-refractivity contribution >= 4 is 31.3 Å². The molecular weight excluding hydrogens is 440 g/mol. The van der Waals surface area contributed by atoms with Crippen LogP contribution in [-0.2, 0) is 14.4 Å². The molecule has 0 unspecified atom stereocenters. The Morgan fingerprint density at radius 3 is 1.15 bits per heavy atom. The molecule has 5 N–H and O–H groups in total. The highest BCUT2D eigenvalue weighted by Gasteiger charge is 2.20. The Morgan fingerprint density at radius 2 is 0.794 bits per heavy atom. The Morgan fingerprint density at radius 1 is 0.471 bits per heavy atom. The smallest absolute Gasteiger partial charge is 0.325 e. The average molecular weight is 485 g/mol. The number of rotatable bonds is 24. The topological polar surface area (TPSA) is 149 Å². The van der Waals surface area contributed by atoms with Crippen molar-refractivity contribution in [2.75, 3.05) is 39.3 Å². The summed E-state index contributed by atoms with van der Waals surface area (Å²) in [6, 6.07) is -0.773. The van der Waals surface area contributed by atoms with Gasteiger partial charge in [-0.15, -0.1) is 0 Å². The largest absolute Gasteiger partial charge is 0.359 e. The number of urea groups is 2. The molecule has 0 saturated carbocycles. The summed E-state index contributed by atoms with van der Waals surface area (Å²) in [5, 5.41) is 13.5. The highest BCUT2D eigenvalue weighted by Crippen LogP contribution is 2.04. The molecule has 34 heavy (non-hydrogen) atoms. The molecule has 0 spiro atoms. The number of carbonyl (C=O) groups excluding carboxylic acids is 5. The molecule has 0 aromatic rings. The Bertz CT molecular complexity index is 514. The lowest BCUT2D eigenvalue weighted by Gasteiger charge is -2.22. The normalized spacial score (nSPS) is 10.1. The molecule has 0 aromatic carbocycles. The van der Waals surface area contributed by atoms with Crippen molar-refractivity contribution in [1.82, 2.24) is 31.5 Å². The van der Waals surface area contributed by atoms with E-state index < -0.39 is 0 Å². The minimum absolute atomic E-state index is 0.341. The van der Waals surface area contributed by atoms with Crippen LogP contribution in [0.4, 0.5) is 9.59 Å². The zero-order chi connectivity index (χ0) is 25.1. The number of unbranched alkanes of at least 4 members (excludes halogenated alkanes) is 9. The maximum Gasteiger partial charge on any atom is 0.325 e. The Balaban J connectivity index is 4.28. The molecule has 0 atom stereocenters. The monoisotopic (exact) mass is 484 g/mol. The molecular formula is C23H44N6O5. The van der Waals surface area contributed by atoms with Gasteiger partial charge in [-0.05, 0) is 38.5 Å². The molecule has 0 fully saturated rings. The van der Waals surface area contributed by atoms with Crippen LogP contribution in [0.1, 0.15) is 77.0 Å². The van der Waals surface area contributed by atoms with E-state index in [2.05, 4.69) is 26.6 Å². The Hall–Kier alpha value is -2.85. The van der Waals surface area contributed by atoms with Crippen molar-refractivity contribution in [2.24, 2.45) is 0 Å². The summed E-state index contributed by atoms with van der Waals surface area (Å²) in [6.07, 6.45) is 12.6. The van der Waals surface area contributed by atoms with Crippen LogP contribution in [0, 0.1) is 0 Å². The van der Waals surface area contributed by atoms with Crippen LogP contribution in [0.5, 0.6) is 0 Å². The van der Waals surface area contributed by atoms with E-state index in [0.29, 0.717) is 64.9 Å². The van der Waals surface area contributed by atoms with Gasteiger partial charge in [-0.3, -0.25) is 14.4 Å². The van der Waals surface area contributed by atoms with Gasteiger partial charge in [-0.25, -0.2) is 14.5 Å². The van der Waals surface area contributed by atoms with E-state index in [-0.39, 0.29) is 12.1 Å². The first-order chi connectivity index (χ1) is 16.7. The molecule has 0 saturated heterocycles. The first kappa shape index (κ1) is 31.1. The van der Waals surface area contributed by atoms with Crippen LogP contribution in [0.2, 0.25) is 0 Å². The molecule has 0 aromatic heterocycles. The van der Waals surface area contributed by atoms with E-state index in [4.69, 9.17) is 0 Å². The maximum atomic E-state index is 12.6. The van der Waals surface area contributed by atoms with Crippen molar-refractivity contribution in [3.63, 3.8) is 0 Å². The van der Waals surface area contributed by atoms with Crippen molar-refractivity contribution in [1.29, 1.82) is 0 Å². The second-order valence-corrected chi connectivity index (χ2v) is 8.07. The molecule has 0 aliphatic rings. The van der Waals surface area contributed by atoms with Gasteiger partial charge in [0.2, 0.25) is 19.2 Å². The molecule has 0 radical (unpaired) electrons. The number of hydrogen-bond acceptors (Lipinski definition) is 5. The fraction of sp³-hybridized carbons (Fsp3) is 0.783. The molecule has 11 nitrogen and oxygen atoms in total. The predicted molar refractivity (Wildman–Crippen MR) is 131 cm³/mol. The van der Waals surface area contributed by atoms with Crippen LogP contribution in [0.15, 0.2) is 0 Å². The van der Waals surface area contributed by atoms with Gasteiger partial charge in [-0.1, -0.05) is 38.5 Å². The van der Waals surface area contributed by atoms with Crippen LogP contribution in [0.3, 0.4) is 0 Å². The lowest BCUT2D eigenvalue weighted by Crippen LogP contribution is -2.49. The lowest BCUT2D eigenvalue weighted by molar-refractivity contribution is -0.110. The summed E-state index contributed by atoms with van der Waals surface area (Å²) < 4.78 is 0. The molecule has 0 aliphatic heterocycles. The number of nitrogens with zero attached hydrogens (tertiary/aromatic N) is 1. The number of hydrogen-bond donors (Lipinski definition) is 5. The zero-order valence-corrected chi connectivity index (χ0v) is 20.4. The highest BCUT2D eigenvalue weighted by molar-refractivity contribution is 5.93. The second-order valence-electron chi connectivity index (χ2n) is 8.07. The van der Waals surface area contributed by atoms with Gasteiger partial charge in [0.25, 0.3) is 0 Å². The van der Waals surface area contributed by atoms with Gasteiger partial charge < -0.3 is 26.6 Å². The quantitative estimate of drug-likeness (QED) is 0.104. The summed E-state index contributed by atoms with van der Waals surface area (Å²) in [6.45, 7) is 3.28. The summed E-state index contributed by atoms with van der Waals surface area (Å²) in [4.78, 5) is 57.2. The predicted octanol–water partition coefficient (Wildman–Crippen LogP) is 1.63. The van der Waals surface area contributed by atoms with Crippen LogP contribution >= 0.6 is 0 Å². The van der Waals surface area contributed by atoms with Gasteiger partial charge in [0.15, 0.2) is 0 Å². The van der Waals surface area contributed by atoms with E-state index in [1.165, 1.54) is 4.90 Å². The van der Waals surface area contributed by atoms with Gasteiger partial charge in [0, 0.05) is 39.3 Å². The fourth-order valence-electron chi connectivity index (χ4n) is 3.32. The van der Waals surface area contributed by atoms with Crippen LogP contribution in [0.25, 0.3) is 0 Å². The van der Waals surface area contributed by atoms with Gasteiger partial charge in [0.05, 0.1) is 0 Å². The summed E-state index contributed by atoms with van der Waals surface area (Å²) >= 11 is 0. The standard InChI is InChI=1S/C23H44N6O5/c30-19-24-13-7-1-3-10-16-27-22(33)29(18-12-6-5-9-15-26-21-32)23(34)28-17-11-4-2-8-14-25-20-31/h19-21H,1-18H2,(H,24,30)(H,25,31)(H,26,32)(H,27,33)(H,28,34). The Labute approximate surface area is 203 Å². The van der Waals surface area contributed by atoms with E-state index in [9.17, 15) is 24.0 Å². The fourth-order valence-corrected chi connectivity index (χ4v) is 3.32. The van der Waals surface area contributed by atoms with Crippen LogP contribution in [-0.4, -0.2) is 75.5 Å². The third-order valence-corrected chi connectivity index (χ3v) is 5.24. The first-order valence-electron chi connectivity index (χ1n) is 12.5. The molecule has 0 aliphatic carbocycles. The van der Waals surface area contributed by atoms with Crippen LogP contribution < -0.4 is 26.6 Å². The minimum Gasteiger partial charge on any atom is -0.359 e. The van der Waals surface area contributed by atoms with E-state index in [1.807, 2.05) is 0 Å². The van der Waals surface area contributed by atoms with Crippen molar-refractivity contribution in [3.8, 4) is 0 Å². The Kier molecular flexibility index (Phi) is 22.7. The maximum absolute atomic E-state index is 12.6. The summed E-state index contributed by atoms with van der Waals surface area (Å²) in [5.41, 5.74) is 0. The molecule has 0 bridgehead atoms.